The van der Waals surface area contributed by atoms with Crippen molar-refractivity contribution >= 4 is 29.0 Å². The number of carbonyl (C=O) groups excluding carboxylic acids is 2. The van der Waals surface area contributed by atoms with Crippen LogP contribution in [0.4, 0.5) is 20.3 Å². The number of aryl methyl sites for hydroxylation is 1. The van der Waals surface area contributed by atoms with Gasteiger partial charge in [-0.1, -0.05) is 0 Å². The lowest BCUT2D eigenvalue weighted by Crippen LogP contribution is -2.54. The summed E-state index contributed by atoms with van der Waals surface area (Å²) in [4.78, 5) is 38.5. The van der Waals surface area contributed by atoms with Gasteiger partial charge >= 0.3 is 6.61 Å². The van der Waals surface area contributed by atoms with E-state index in [1.807, 2.05) is 23.5 Å². The van der Waals surface area contributed by atoms with Gasteiger partial charge in [0.15, 0.2) is 11.5 Å². The molecule has 0 radical (unpaired) electrons. The summed E-state index contributed by atoms with van der Waals surface area (Å²) in [5, 5.41) is 3.29. The second-order valence-corrected chi connectivity index (χ2v) is 10.7. The molecule has 2 amide bonds. The molecular weight excluding hydrogens is 544 g/mol. The fraction of sp³-hybridized carbons (Fsp3) is 0.333. The predicted molar refractivity (Wildman–Crippen MR) is 153 cm³/mol. The summed E-state index contributed by atoms with van der Waals surface area (Å²) in [6, 6.07) is 11.4. The van der Waals surface area contributed by atoms with Gasteiger partial charge in [0.1, 0.15) is 5.75 Å². The maximum absolute atomic E-state index is 13.3. The van der Waals surface area contributed by atoms with Crippen molar-refractivity contribution in [3.63, 3.8) is 0 Å². The van der Waals surface area contributed by atoms with E-state index in [9.17, 15) is 18.4 Å². The van der Waals surface area contributed by atoms with Crippen LogP contribution in [-0.4, -0.2) is 74.8 Å². The fourth-order valence-corrected chi connectivity index (χ4v) is 5.31. The first-order chi connectivity index (χ1) is 20.3. The fourth-order valence-electron chi connectivity index (χ4n) is 5.31. The largest absolute Gasteiger partial charge is 0.435 e. The zero-order valence-electron chi connectivity index (χ0n) is 23.0. The van der Waals surface area contributed by atoms with E-state index in [-0.39, 0.29) is 17.6 Å². The number of nitrogens with two attached hydrogens (primary N) is 1. The zero-order chi connectivity index (χ0) is 29.4. The highest BCUT2D eigenvalue weighted by Crippen LogP contribution is 2.32. The van der Waals surface area contributed by atoms with Crippen molar-refractivity contribution in [1.29, 1.82) is 0 Å². The van der Waals surface area contributed by atoms with Crippen LogP contribution in [0.25, 0.3) is 16.9 Å². The smallest absolute Gasteiger partial charge is 0.387 e. The number of imidazole rings is 1. The number of hydrogen-bond donors (Lipinski definition) is 2. The first-order valence-corrected chi connectivity index (χ1v) is 13.9. The topological polar surface area (TPSA) is 118 Å². The summed E-state index contributed by atoms with van der Waals surface area (Å²) >= 11 is 0. The summed E-state index contributed by atoms with van der Waals surface area (Å²) in [5.74, 6) is 0.821. The number of amides is 2. The number of carbonyl (C=O) groups is 2. The van der Waals surface area contributed by atoms with Crippen molar-refractivity contribution in [2.24, 2.45) is 11.7 Å². The molecule has 2 aromatic heterocycles. The number of rotatable bonds is 8. The van der Waals surface area contributed by atoms with Gasteiger partial charge in [-0.3, -0.25) is 14.0 Å². The molecule has 1 saturated carbocycles. The summed E-state index contributed by atoms with van der Waals surface area (Å²) in [7, 11) is 0. The van der Waals surface area contributed by atoms with Gasteiger partial charge in [-0.05, 0) is 73.7 Å². The van der Waals surface area contributed by atoms with Crippen LogP contribution in [0.2, 0.25) is 0 Å². The highest BCUT2D eigenvalue weighted by atomic mass is 19.3. The number of aromatic nitrogens is 3. The zero-order valence-corrected chi connectivity index (χ0v) is 23.0. The number of nitrogens with one attached hydrogen (secondary N) is 1. The maximum atomic E-state index is 13.3. The van der Waals surface area contributed by atoms with Gasteiger partial charge in [-0.25, -0.2) is 9.97 Å². The average Bonchev–Trinajstić information content (AvgIpc) is 3.75. The Kier molecular flexibility index (Phi) is 7.46. The number of piperazine rings is 1. The minimum absolute atomic E-state index is 0.0122. The summed E-state index contributed by atoms with van der Waals surface area (Å²) in [6.07, 6.45) is 7.13. The first kappa shape index (κ1) is 27.6. The van der Waals surface area contributed by atoms with Crippen molar-refractivity contribution in [2.75, 3.05) is 31.5 Å². The van der Waals surface area contributed by atoms with Gasteiger partial charge in [0.05, 0.1) is 17.9 Å². The normalized spacial score (nSPS) is 16.1. The summed E-state index contributed by atoms with van der Waals surface area (Å²) < 4.78 is 31.3. The molecule has 2 fully saturated rings. The monoisotopic (exact) mass is 575 g/mol. The lowest BCUT2D eigenvalue weighted by molar-refractivity contribution is -0.134. The number of anilines is 2. The molecule has 2 aliphatic rings. The molecule has 12 heteroatoms. The summed E-state index contributed by atoms with van der Waals surface area (Å²) in [6.45, 7) is 0.912. The molecular formula is C30H31F2N7O3. The third-order valence-electron chi connectivity index (χ3n) is 7.82. The Labute approximate surface area is 241 Å². The standard InChI is InChI=1S/C30H31F2N7O3/c1-18-16-21(6-9-23(18)28(40)37-12-14-38(15-13-37)29(41)25(33)20-2-3-20)36-26-27-35-17-24(39(27)11-10-34-26)19-4-7-22(8-5-19)42-30(31)32/h4-11,16-17,20,25,30H,2-3,12-15,33H2,1H3,(H,34,36). The Hall–Kier alpha value is -4.58. The molecule has 0 bridgehead atoms. The van der Waals surface area contributed by atoms with Crippen molar-refractivity contribution in [2.45, 2.75) is 32.4 Å². The van der Waals surface area contributed by atoms with Crippen molar-refractivity contribution in [3.05, 3.63) is 72.2 Å². The van der Waals surface area contributed by atoms with Crippen LogP contribution in [0, 0.1) is 12.8 Å². The first-order valence-electron chi connectivity index (χ1n) is 13.9. The van der Waals surface area contributed by atoms with E-state index < -0.39 is 12.7 Å². The van der Waals surface area contributed by atoms with Crippen LogP contribution in [-0.2, 0) is 4.79 Å². The van der Waals surface area contributed by atoms with Crippen LogP contribution in [0.15, 0.2) is 61.1 Å². The SMILES string of the molecule is Cc1cc(Nc2nccn3c(-c4ccc(OC(F)F)cc4)cnc23)ccc1C(=O)N1CCN(C(=O)C(N)C2CC2)CC1. The van der Waals surface area contributed by atoms with Crippen LogP contribution in [0.5, 0.6) is 5.75 Å². The third kappa shape index (κ3) is 5.62. The highest BCUT2D eigenvalue weighted by Gasteiger charge is 2.36. The van der Waals surface area contributed by atoms with E-state index in [1.165, 1.54) is 12.1 Å². The van der Waals surface area contributed by atoms with Crippen molar-refractivity contribution < 1.29 is 23.1 Å². The molecule has 6 rings (SSSR count). The van der Waals surface area contributed by atoms with Crippen LogP contribution in [0.3, 0.4) is 0 Å². The van der Waals surface area contributed by atoms with Crippen LogP contribution < -0.4 is 15.8 Å². The number of ether oxygens (including phenoxy) is 1. The van der Waals surface area contributed by atoms with E-state index in [4.69, 9.17) is 5.73 Å². The Balaban J connectivity index is 1.13. The third-order valence-corrected chi connectivity index (χ3v) is 7.82. The average molecular weight is 576 g/mol. The quantitative estimate of drug-likeness (QED) is 0.325. The second-order valence-electron chi connectivity index (χ2n) is 10.7. The molecule has 0 spiro atoms. The highest BCUT2D eigenvalue weighted by molar-refractivity contribution is 5.96. The number of halogens is 2. The van der Waals surface area contributed by atoms with Crippen molar-refractivity contribution in [3.8, 4) is 17.0 Å². The van der Waals surface area contributed by atoms with E-state index in [0.717, 1.165) is 35.3 Å². The molecule has 4 aromatic rings. The molecule has 1 aliphatic heterocycles. The minimum atomic E-state index is -2.88. The van der Waals surface area contributed by atoms with Gasteiger partial charge in [0.25, 0.3) is 5.91 Å². The Bertz CT molecular complexity index is 1610. The molecule has 1 aliphatic carbocycles. The number of hydrogen-bond acceptors (Lipinski definition) is 7. The number of fused-ring (bicyclic) bond motifs is 1. The summed E-state index contributed by atoms with van der Waals surface area (Å²) in [5.41, 5.74) is 10.3. The van der Waals surface area contributed by atoms with E-state index in [0.29, 0.717) is 49.1 Å². The van der Waals surface area contributed by atoms with E-state index in [2.05, 4.69) is 20.0 Å². The Morgan fingerprint density at radius 3 is 2.40 bits per heavy atom. The van der Waals surface area contributed by atoms with E-state index >= 15 is 0 Å². The van der Waals surface area contributed by atoms with Gasteiger partial charge in [-0.15, -0.1) is 0 Å². The maximum Gasteiger partial charge on any atom is 0.387 e. The molecule has 2 aromatic carbocycles. The lowest BCUT2D eigenvalue weighted by Gasteiger charge is -2.36. The number of alkyl halides is 2. The molecule has 1 atom stereocenters. The molecule has 3 heterocycles. The molecule has 1 saturated heterocycles. The lowest BCUT2D eigenvalue weighted by atomic mass is 10.1. The van der Waals surface area contributed by atoms with Crippen molar-refractivity contribution in [1.82, 2.24) is 24.2 Å². The molecule has 3 N–H and O–H groups in total. The predicted octanol–water partition coefficient (Wildman–Crippen LogP) is 4.07. The molecule has 10 nitrogen and oxygen atoms in total. The van der Waals surface area contributed by atoms with Gasteiger partial charge < -0.3 is 25.6 Å². The second kappa shape index (κ2) is 11.4. The minimum Gasteiger partial charge on any atom is -0.435 e. The van der Waals surface area contributed by atoms with E-state index in [1.54, 1.807) is 46.6 Å². The van der Waals surface area contributed by atoms with Crippen LogP contribution >= 0.6 is 0 Å². The number of nitrogens with zero attached hydrogens (tertiary/aromatic N) is 5. The van der Waals surface area contributed by atoms with Gasteiger partial charge in [-0.2, -0.15) is 8.78 Å². The Morgan fingerprint density at radius 2 is 1.74 bits per heavy atom. The van der Waals surface area contributed by atoms with Crippen LogP contribution in [0.1, 0.15) is 28.8 Å². The number of benzene rings is 2. The van der Waals surface area contributed by atoms with Gasteiger partial charge in [0, 0.05) is 55.4 Å². The Morgan fingerprint density at radius 1 is 1.02 bits per heavy atom. The molecule has 42 heavy (non-hydrogen) atoms. The molecule has 218 valence electrons. The van der Waals surface area contributed by atoms with Gasteiger partial charge in [0.2, 0.25) is 5.91 Å². The molecule has 1 unspecified atom stereocenters.